The first-order valence-corrected chi connectivity index (χ1v) is 6.50. The Morgan fingerprint density at radius 2 is 2.06 bits per heavy atom. The molecule has 0 aliphatic heterocycles. The van der Waals surface area contributed by atoms with E-state index in [-0.39, 0.29) is 0 Å². The smallest absolute Gasteiger partial charge is 0.177 e. The zero-order chi connectivity index (χ0) is 11.8. The standard InChI is InChI=1S/C14H16N2S/c1-10-9-15-14(17)16(10)13-7-6-11-4-2-3-5-12(11)8-13/h2-5,9,13H,6-8H2,1H3,(H,15,17). The van der Waals surface area contributed by atoms with Crippen LogP contribution in [0, 0.1) is 11.7 Å². The first kappa shape index (κ1) is 10.8. The number of benzene rings is 1. The van der Waals surface area contributed by atoms with Gasteiger partial charge in [-0.25, -0.2) is 0 Å². The van der Waals surface area contributed by atoms with E-state index >= 15 is 0 Å². The summed E-state index contributed by atoms with van der Waals surface area (Å²) in [4.78, 5) is 3.14. The van der Waals surface area contributed by atoms with Crippen molar-refractivity contribution in [1.82, 2.24) is 9.55 Å². The maximum atomic E-state index is 5.36. The number of nitrogens with one attached hydrogen (secondary N) is 1. The lowest BCUT2D eigenvalue weighted by Gasteiger charge is -2.26. The van der Waals surface area contributed by atoms with E-state index in [4.69, 9.17) is 12.2 Å². The van der Waals surface area contributed by atoms with E-state index in [2.05, 4.69) is 40.7 Å². The molecule has 2 nitrogen and oxygen atoms in total. The average molecular weight is 244 g/mol. The first-order valence-electron chi connectivity index (χ1n) is 6.09. The number of aryl methyl sites for hydroxylation is 2. The number of aromatic nitrogens is 2. The number of imidazole rings is 1. The minimum Gasteiger partial charge on any atom is -0.337 e. The van der Waals surface area contributed by atoms with E-state index in [1.165, 1.54) is 23.2 Å². The van der Waals surface area contributed by atoms with Crippen molar-refractivity contribution in [3.8, 4) is 0 Å². The van der Waals surface area contributed by atoms with Crippen molar-refractivity contribution in [3.63, 3.8) is 0 Å². The molecule has 17 heavy (non-hydrogen) atoms. The van der Waals surface area contributed by atoms with Gasteiger partial charge in [-0.1, -0.05) is 24.3 Å². The molecule has 3 rings (SSSR count). The SMILES string of the molecule is Cc1c[nH]c(=S)n1C1CCc2ccccc2C1. The molecule has 0 saturated heterocycles. The molecule has 1 N–H and O–H groups in total. The van der Waals surface area contributed by atoms with Crippen LogP contribution in [0.5, 0.6) is 0 Å². The van der Waals surface area contributed by atoms with E-state index in [0.717, 1.165) is 17.6 Å². The summed E-state index contributed by atoms with van der Waals surface area (Å²) in [7, 11) is 0. The van der Waals surface area contributed by atoms with Gasteiger partial charge in [-0.15, -0.1) is 0 Å². The summed E-state index contributed by atoms with van der Waals surface area (Å²) < 4.78 is 3.12. The second-order valence-corrected chi connectivity index (χ2v) is 5.16. The summed E-state index contributed by atoms with van der Waals surface area (Å²) in [5, 5.41) is 0. The Kier molecular flexibility index (Phi) is 2.63. The van der Waals surface area contributed by atoms with Crippen LogP contribution in [0.25, 0.3) is 0 Å². The highest BCUT2D eigenvalue weighted by Gasteiger charge is 2.20. The van der Waals surface area contributed by atoms with Crippen molar-refractivity contribution in [2.24, 2.45) is 0 Å². The van der Waals surface area contributed by atoms with Crippen molar-refractivity contribution in [3.05, 3.63) is 52.1 Å². The lowest BCUT2D eigenvalue weighted by molar-refractivity contribution is 0.431. The molecule has 2 aromatic rings. The van der Waals surface area contributed by atoms with Crippen LogP contribution < -0.4 is 0 Å². The van der Waals surface area contributed by atoms with Gasteiger partial charge in [0, 0.05) is 17.9 Å². The normalized spacial score (nSPS) is 19.0. The Morgan fingerprint density at radius 1 is 1.29 bits per heavy atom. The van der Waals surface area contributed by atoms with Crippen molar-refractivity contribution >= 4 is 12.2 Å². The maximum absolute atomic E-state index is 5.36. The second kappa shape index (κ2) is 4.15. The molecule has 88 valence electrons. The number of hydrogen-bond acceptors (Lipinski definition) is 1. The van der Waals surface area contributed by atoms with Crippen molar-refractivity contribution < 1.29 is 0 Å². The molecule has 0 saturated carbocycles. The molecule has 3 heteroatoms. The zero-order valence-electron chi connectivity index (χ0n) is 9.94. The van der Waals surface area contributed by atoms with Crippen LogP contribution in [0.3, 0.4) is 0 Å². The topological polar surface area (TPSA) is 20.7 Å². The fourth-order valence-electron chi connectivity index (χ4n) is 2.82. The van der Waals surface area contributed by atoms with Gasteiger partial charge in [-0.3, -0.25) is 0 Å². The van der Waals surface area contributed by atoms with Crippen LogP contribution >= 0.6 is 12.2 Å². The summed E-state index contributed by atoms with van der Waals surface area (Å²) in [6, 6.07) is 9.27. The number of fused-ring (bicyclic) bond motifs is 1. The third-order valence-electron chi connectivity index (χ3n) is 3.69. The van der Waals surface area contributed by atoms with Gasteiger partial charge in [0.05, 0.1) is 0 Å². The molecule has 1 aliphatic rings. The van der Waals surface area contributed by atoms with Crippen LogP contribution in [0.15, 0.2) is 30.5 Å². The summed E-state index contributed by atoms with van der Waals surface area (Å²) in [5.74, 6) is 0. The van der Waals surface area contributed by atoms with Gasteiger partial charge in [0.15, 0.2) is 4.77 Å². The molecule has 1 heterocycles. The van der Waals surface area contributed by atoms with E-state index in [1.807, 2.05) is 6.20 Å². The molecule has 0 spiro atoms. The summed E-state index contributed by atoms with van der Waals surface area (Å²) >= 11 is 5.36. The van der Waals surface area contributed by atoms with Crippen LogP contribution in [-0.2, 0) is 12.8 Å². The minimum atomic E-state index is 0.517. The Hall–Kier alpha value is -1.35. The predicted octanol–water partition coefficient (Wildman–Crippen LogP) is 3.58. The summed E-state index contributed by atoms with van der Waals surface area (Å²) in [6.07, 6.45) is 5.45. The van der Waals surface area contributed by atoms with E-state index in [9.17, 15) is 0 Å². The Bertz CT molecular complexity index is 594. The number of aromatic amines is 1. The van der Waals surface area contributed by atoms with Crippen LogP contribution in [-0.4, -0.2) is 9.55 Å². The third-order valence-corrected chi connectivity index (χ3v) is 4.00. The van der Waals surface area contributed by atoms with E-state index < -0.39 is 0 Å². The Balaban J connectivity index is 1.97. The van der Waals surface area contributed by atoms with Gasteiger partial charge in [-0.2, -0.15) is 0 Å². The fourth-order valence-corrected chi connectivity index (χ4v) is 3.17. The number of H-pyrrole nitrogens is 1. The number of nitrogens with zero attached hydrogens (tertiary/aromatic N) is 1. The highest BCUT2D eigenvalue weighted by Crippen LogP contribution is 2.29. The first-order chi connectivity index (χ1) is 8.25. The average Bonchev–Trinajstić information content (AvgIpc) is 2.68. The zero-order valence-corrected chi connectivity index (χ0v) is 10.8. The largest absolute Gasteiger partial charge is 0.337 e. The second-order valence-electron chi connectivity index (χ2n) is 4.77. The molecule has 1 unspecified atom stereocenters. The van der Waals surface area contributed by atoms with Gasteiger partial charge < -0.3 is 9.55 Å². The quantitative estimate of drug-likeness (QED) is 0.760. The molecule has 0 amide bonds. The Morgan fingerprint density at radius 3 is 2.76 bits per heavy atom. The molecule has 1 aromatic carbocycles. The lowest BCUT2D eigenvalue weighted by atomic mass is 9.88. The fraction of sp³-hybridized carbons (Fsp3) is 0.357. The monoisotopic (exact) mass is 244 g/mol. The number of hydrogen-bond donors (Lipinski definition) is 1. The van der Waals surface area contributed by atoms with E-state index in [1.54, 1.807) is 0 Å². The molecule has 0 bridgehead atoms. The van der Waals surface area contributed by atoms with Crippen molar-refractivity contribution in [2.45, 2.75) is 32.2 Å². The molecular weight excluding hydrogens is 228 g/mol. The molecule has 1 aliphatic carbocycles. The van der Waals surface area contributed by atoms with Gasteiger partial charge in [0.1, 0.15) is 0 Å². The molecule has 0 radical (unpaired) electrons. The van der Waals surface area contributed by atoms with Crippen LogP contribution in [0.4, 0.5) is 0 Å². The summed E-state index contributed by atoms with van der Waals surface area (Å²) in [5.41, 5.74) is 4.22. The van der Waals surface area contributed by atoms with Gasteiger partial charge in [0.2, 0.25) is 0 Å². The maximum Gasteiger partial charge on any atom is 0.177 e. The van der Waals surface area contributed by atoms with Crippen molar-refractivity contribution in [1.29, 1.82) is 0 Å². The lowest BCUT2D eigenvalue weighted by Crippen LogP contribution is -2.19. The van der Waals surface area contributed by atoms with Gasteiger partial charge in [-0.05, 0) is 49.5 Å². The molecule has 0 fully saturated rings. The highest BCUT2D eigenvalue weighted by molar-refractivity contribution is 7.71. The van der Waals surface area contributed by atoms with Crippen LogP contribution in [0.1, 0.15) is 29.3 Å². The highest BCUT2D eigenvalue weighted by atomic mass is 32.1. The van der Waals surface area contributed by atoms with E-state index in [0.29, 0.717) is 6.04 Å². The molecule has 1 atom stereocenters. The van der Waals surface area contributed by atoms with Crippen molar-refractivity contribution in [2.75, 3.05) is 0 Å². The van der Waals surface area contributed by atoms with Gasteiger partial charge in [0.25, 0.3) is 0 Å². The molecule has 1 aromatic heterocycles. The van der Waals surface area contributed by atoms with Gasteiger partial charge >= 0.3 is 0 Å². The predicted molar refractivity (Wildman–Crippen MR) is 71.9 cm³/mol. The minimum absolute atomic E-state index is 0.517. The Labute approximate surface area is 106 Å². The number of rotatable bonds is 1. The molecular formula is C14H16N2S. The van der Waals surface area contributed by atoms with Crippen LogP contribution in [0.2, 0.25) is 0 Å². The third kappa shape index (κ3) is 1.84. The summed E-state index contributed by atoms with van der Waals surface area (Å²) in [6.45, 7) is 2.12.